The van der Waals surface area contributed by atoms with Crippen LogP contribution in [-0.2, 0) is 0 Å². The van der Waals surface area contributed by atoms with Gasteiger partial charge in [-0.15, -0.1) is 0 Å². The minimum atomic E-state index is -0.861. The maximum absolute atomic E-state index is 11.4. The number of carboxylic acids is 1. The van der Waals surface area contributed by atoms with Crippen molar-refractivity contribution in [1.82, 2.24) is 10.3 Å². The van der Waals surface area contributed by atoms with Crippen molar-refractivity contribution >= 4 is 16.9 Å². The van der Waals surface area contributed by atoms with Gasteiger partial charge in [-0.1, -0.05) is 18.2 Å². The summed E-state index contributed by atoms with van der Waals surface area (Å²) in [6.07, 6.45) is 2.00. The van der Waals surface area contributed by atoms with Crippen LogP contribution in [0.2, 0.25) is 0 Å². The molecule has 1 aromatic carbocycles. The zero-order valence-corrected chi connectivity index (χ0v) is 10.1. The second-order valence-corrected chi connectivity index (χ2v) is 4.79. The molecule has 0 saturated carbocycles. The molecule has 2 aromatic rings. The van der Waals surface area contributed by atoms with Crippen LogP contribution in [0.15, 0.2) is 24.3 Å². The number of aromatic amines is 1. The Bertz CT molecular complexity index is 582. The number of hydrogen-bond acceptors (Lipinski definition) is 2. The lowest BCUT2D eigenvalue weighted by Crippen LogP contribution is -2.27. The first-order valence-electron chi connectivity index (χ1n) is 6.32. The van der Waals surface area contributed by atoms with Crippen LogP contribution < -0.4 is 5.32 Å². The highest BCUT2D eigenvalue weighted by Crippen LogP contribution is 2.34. The van der Waals surface area contributed by atoms with Crippen LogP contribution in [0.3, 0.4) is 0 Å². The second kappa shape index (κ2) is 4.46. The van der Waals surface area contributed by atoms with Crippen LogP contribution in [0.25, 0.3) is 10.9 Å². The van der Waals surface area contributed by atoms with Crippen LogP contribution in [-0.4, -0.2) is 29.1 Å². The van der Waals surface area contributed by atoms with Gasteiger partial charge in [0.05, 0.1) is 0 Å². The molecule has 3 rings (SSSR count). The third kappa shape index (κ3) is 1.78. The van der Waals surface area contributed by atoms with E-state index in [1.54, 1.807) is 0 Å². The third-order valence-electron chi connectivity index (χ3n) is 3.71. The molecule has 0 aliphatic carbocycles. The van der Waals surface area contributed by atoms with Crippen molar-refractivity contribution < 1.29 is 9.90 Å². The number of rotatable bonds is 2. The molecule has 0 unspecified atom stereocenters. The lowest BCUT2D eigenvalue weighted by Gasteiger charge is -2.23. The van der Waals surface area contributed by atoms with E-state index in [1.165, 1.54) is 0 Å². The lowest BCUT2D eigenvalue weighted by molar-refractivity contribution is 0.0689. The van der Waals surface area contributed by atoms with E-state index >= 15 is 0 Å². The average molecular weight is 244 g/mol. The lowest BCUT2D eigenvalue weighted by atomic mass is 9.88. The fourth-order valence-corrected chi connectivity index (χ4v) is 2.87. The number of para-hydroxylation sites is 1. The van der Waals surface area contributed by atoms with E-state index in [1.807, 2.05) is 24.3 Å². The van der Waals surface area contributed by atoms with Crippen molar-refractivity contribution in [1.29, 1.82) is 0 Å². The first kappa shape index (κ1) is 11.3. The van der Waals surface area contributed by atoms with Crippen molar-refractivity contribution in [2.75, 3.05) is 13.1 Å². The van der Waals surface area contributed by atoms with Crippen molar-refractivity contribution in [2.24, 2.45) is 0 Å². The van der Waals surface area contributed by atoms with Gasteiger partial charge in [-0.05, 0) is 43.5 Å². The molecule has 0 radical (unpaired) electrons. The van der Waals surface area contributed by atoms with Crippen LogP contribution in [0.4, 0.5) is 0 Å². The number of nitrogens with one attached hydrogen (secondary N) is 2. The molecule has 2 heterocycles. The standard InChI is InChI=1S/C14H16N2O2/c17-14(18)13-12(9-5-7-15-8-6-9)10-3-1-2-4-11(10)16-13/h1-4,9,15-16H,5-8H2,(H,17,18). The highest BCUT2D eigenvalue weighted by molar-refractivity contribution is 5.97. The van der Waals surface area contributed by atoms with Gasteiger partial charge in [0.15, 0.2) is 0 Å². The van der Waals surface area contributed by atoms with Gasteiger partial charge >= 0.3 is 5.97 Å². The van der Waals surface area contributed by atoms with Gasteiger partial charge in [0, 0.05) is 10.9 Å². The molecule has 0 amide bonds. The van der Waals surface area contributed by atoms with E-state index in [9.17, 15) is 9.90 Å². The zero-order chi connectivity index (χ0) is 12.5. The van der Waals surface area contributed by atoms with Gasteiger partial charge in [0.2, 0.25) is 0 Å². The average Bonchev–Trinajstić information content (AvgIpc) is 2.79. The molecule has 1 saturated heterocycles. The van der Waals surface area contributed by atoms with E-state index in [4.69, 9.17) is 0 Å². The van der Waals surface area contributed by atoms with Gasteiger partial charge < -0.3 is 15.4 Å². The molecule has 0 bridgehead atoms. The normalized spacial score (nSPS) is 17.1. The highest BCUT2D eigenvalue weighted by atomic mass is 16.4. The molecule has 4 heteroatoms. The summed E-state index contributed by atoms with van der Waals surface area (Å²) in [6, 6.07) is 7.84. The first-order valence-corrected chi connectivity index (χ1v) is 6.32. The van der Waals surface area contributed by atoms with E-state index in [2.05, 4.69) is 10.3 Å². The van der Waals surface area contributed by atoms with Crippen molar-refractivity contribution in [2.45, 2.75) is 18.8 Å². The molecule has 1 aliphatic heterocycles. The Hall–Kier alpha value is -1.81. The van der Waals surface area contributed by atoms with Gasteiger partial charge in [0.1, 0.15) is 5.69 Å². The second-order valence-electron chi connectivity index (χ2n) is 4.79. The Labute approximate surface area is 105 Å². The Morgan fingerprint density at radius 3 is 2.67 bits per heavy atom. The number of benzene rings is 1. The van der Waals surface area contributed by atoms with E-state index in [-0.39, 0.29) is 0 Å². The quantitative estimate of drug-likeness (QED) is 0.759. The predicted molar refractivity (Wildman–Crippen MR) is 70.1 cm³/mol. The number of piperidine rings is 1. The Morgan fingerprint density at radius 1 is 1.22 bits per heavy atom. The van der Waals surface area contributed by atoms with E-state index in [0.29, 0.717) is 11.6 Å². The summed E-state index contributed by atoms with van der Waals surface area (Å²) in [7, 11) is 0. The zero-order valence-electron chi connectivity index (χ0n) is 10.1. The van der Waals surface area contributed by atoms with Crippen molar-refractivity contribution in [3.63, 3.8) is 0 Å². The van der Waals surface area contributed by atoms with Crippen molar-refractivity contribution in [3.8, 4) is 0 Å². The number of aromatic nitrogens is 1. The Kier molecular flexibility index (Phi) is 2.80. The summed E-state index contributed by atoms with van der Waals surface area (Å²) in [5, 5.41) is 13.7. The fraction of sp³-hybridized carbons (Fsp3) is 0.357. The van der Waals surface area contributed by atoms with E-state index in [0.717, 1.165) is 42.4 Å². The molecule has 3 N–H and O–H groups in total. The minimum absolute atomic E-state index is 0.341. The highest BCUT2D eigenvalue weighted by Gasteiger charge is 2.25. The molecular formula is C14H16N2O2. The molecule has 0 atom stereocenters. The minimum Gasteiger partial charge on any atom is -0.477 e. The summed E-state index contributed by atoms with van der Waals surface area (Å²) >= 11 is 0. The fourth-order valence-electron chi connectivity index (χ4n) is 2.87. The summed E-state index contributed by atoms with van der Waals surface area (Å²) < 4.78 is 0. The molecule has 1 aliphatic rings. The van der Waals surface area contributed by atoms with Crippen LogP contribution >= 0.6 is 0 Å². The van der Waals surface area contributed by atoms with Gasteiger partial charge in [0.25, 0.3) is 0 Å². The number of aromatic carboxylic acids is 1. The van der Waals surface area contributed by atoms with Crippen LogP contribution in [0.1, 0.15) is 34.8 Å². The third-order valence-corrected chi connectivity index (χ3v) is 3.71. The number of carboxylic acid groups (broad SMARTS) is 1. The topological polar surface area (TPSA) is 65.1 Å². The summed E-state index contributed by atoms with van der Waals surface area (Å²) in [5.74, 6) is -0.520. The largest absolute Gasteiger partial charge is 0.477 e. The maximum atomic E-state index is 11.4. The molecule has 18 heavy (non-hydrogen) atoms. The summed E-state index contributed by atoms with van der Waals surface area (Å²) in [4.78, 5) is 14.4. The first-order chi connectivity index (χ1) is 8.77. The van der Waals surface area contributed by atoms with E-state index < -0.39 is 5.97 Å². The number of hydrogen-bond donors (Lipinski definition) is 3. The smallest absolute Gasteiger partial charge is 0.352 e. The van der Waals surface area contributed by atoms with Gasteiger partial charge in [-0.2, -0.15) is 0 Å². The predicted octanol–water partition coefficient (Wildman–Crippen LogP) is 2.33. The van der Waals surface area contributed by atoms with Crippen molar-refractivity contribution in [3.05, 3.63) is 35.5 Å². The SMILES string of the molecule is O=C(O)c1[nH]c2ccccc2c1C1CCNCC1. The maximum Gasteiger partial charge on any atom is 0.352 e. The van der Waals surface area contributed by atoms with Crippen LogP contribution in [0, 0.1) is 0 Å². The number of H-pyrrole nitrogens is 1. The number of carbonyl (C=O) groups is 1. The Morgan fingerprint density at radius 2 is 1.94 bits per heavy atom. The monoisotopic (exact) mass is 244 g/mol. The molecule has 4 nitrogen and oxygen atoms in total. The molecule has 0 spiro atoms. The molecule has 1 aromatic heterocycles. The van der Waals surface area contributed by atoms with Crippen LogP contribution in [0.5, 0.6) is 0 Å². The van der Waals surface area contributed by atoms with Gasteiger partial charge in [-0.3, -0.25) is 0 Å². The molecule has 94 valence electrons. The summed E-state index contributed by atoms with van der Waals surface area (Å²) in [5.41, 5.74) is 2.27. The summed E-state index contributed by atoms with van der Waals surface area (Å²) in [6.45, 7) is 1.92. The number of fused-ring (bicyclic) bond motifs is 1. The molecular weight excluding hydrogens is 228 g/mol. The van der Waals surface area contributed by atoms with Gasteiger partial charge in [-0.25, -0.2) is 4.79 Å². The Balaban J connectivity index is 2.17. The molecule has 1 fully saturated rings.